The van der Waals surface area contributed by atoms with Crippen molar-refractivity contribution in [3.05, 3.63) is 48.3 Å². The first-order valence-electron chi connectivity index (χ1n) is 4.73. The molecule has 0 bridgehead atoms. The van der Waals surface area contributed by atoms with Crippen LogP contribution in [0.4, 0.5) is 4.39 Å². The van der Waals surface area contributed by atoms with Crippen molar-refractivity contribution < 1.29 is 9.18 Å². The summed E-state index contributed by atoms with van der Waals surface area (Å²) in [4.78, 5) is 13.2. The third kappa shape index (κ3) is 3.54. The van der Waals surface area contributed by atoms with Crippen LogP contribution in [0, 0.1) is 5.82 Å². The minimum atomic E-state index is -0.286. The summed E-state index contributed by atoms with van der Waals surface area (Å²) in [6.45, 7) is 4.09. The van der Waals surface area contributed by atoms with Crippen molar-refractivity contribution in [1.29, 1.82) is 0 Å². The Morgan fingerprint density at radius 2 is 2.07 bits per heavy atom. The molecule has 2 nitrogen and oxygen atoms in total. The number of hydrogen-bond acceptors (Lipinski definition) is 1. The molecule has 0 saturated carbocycles. The standard InChI is InChI=1S/C12H14FNO/c1-3-8-14(2)12(15)9-10-4-6-11(13)7-5-10/h3-7H,1,8-9H2,2H3. The Kier molecular flexibility index (Phi) is 4.03. The third-order valence-electron chi connectivity index (χ3n) is 2.10. The fourth-order valence-electron chi connectivity index (χ4n) is 1.21. The molecule has 0 aliphatic carbocycles. The summed E-state index contributed by atoms with van der Waals surface area (Å²) in [5.41, 5.74) is 0.817. The zero-order valence-corrected chi connectivity index (χ0v) is 8.74. The number of carbonyl (C=O) groups is 1. The Morgan fingerprint density at radius 1 is 1.47 bits per heavy atom. The molecule has 0 unspecified atom stereocenters. The van der Waals surface area contributed by atoms with E-state index in [1.54, 1.807) is 30.2 Å². The van der Waals surface area contributed by atoms with Crippen molar-refractivity contribution in [1.82, 2.24) is 4.90 Å². The topological polar surface area (TPSA) is 20.3 Å². The summed E-state index contributed by atoms with van der Waals surface area (Å²) in [5.74, 6) is -0.285. The second-order valence-corrected chi connectivity index (χ2v) is 3.37. The van der Waals surface area contributed by atoms with Gasteiger partial charge in [0.05, 0.1) is 6.42 Å². The lowest BCUT2D eigenvalue weighted by Crippen LogP contribution is -2.28. The van der Waals surface area contributed by atoms with Gasteiger partial charge in [0.1, 0.15) is 5.82 Å². The van der Waals surface area contributed by atoms with E-state index in [2.05, 4.69) is 6.58 Å². The van der Waals surface area contributed by atoms with E-state index in [4.69, 9.17) is 0 Å². The van der Waals surface area contributed by atoms with Crippen molar-refractivity contribution in [2.75, 3.05) is 13.6 Å². The van der Waals surface area contributed by atoms with Gasteiger partial charge < -0.3 is 4.90 Å². The molecule has 3 heteroatoms. The van der Waals surface area contributed by atoms with E-state index in [0.29, 0.717) is 13.0 Å². The lowest BCUT2D eigenvalue weighted by molar-refractivity contribution is -0.128. The normalized spacial score (nSPS) is 9.73. The van der Waals surface area contributed by atoms with Crippen LogP contribution in [0.5, 0.6) is 0 Å². The van der Waals surface area contributed by atoms with Crippen LogP contribution in [-0.4, -0.2) is 24.4 Å². The highest BCUT2D eigenvalue weighted by atomic mass is 19.1. The van der Waals surface area contributed by atoms with E-state index in [1.165, 1.54) is 12.1 Å². The lowest BCUT2D eigenvalue weighted by Gasteiger charge is -2.14. The number of likely N-dealkylation sites (N-methyl/N-ethyl adjacent to an activating group) is 1. The molecular weight excluding hydrogens is 193 g/mol. The van der Waals surface area contributed by atoms with Crippen molar-refractivity contribution in [3.8, 4) is 0 Å². The van der Waals surface area contributed by atoms with E-state index >= 15 is 0 Å². The molecule has 1 aromatic rings. The molecule has 0 spiro atoms. The molecule has 1 aromatic carbocycles. The minimum absolute atomic E-state index is 0.00140. The van der Waals surface area contributed by atoms with Crippen molar-refractivity contribution in [2.45, 2.75) is 6.42 Å². The summed E-state index contributed by atoms with van der Waals surface area (Å²) in [6.07, 6.45) is 1.97. The Hall–Kier alpha value is -1.64. The van der Waals surface area contributed by atoms with E-state index in [0.717, 1.165) is 5.56 Å². The van der Waals surface area contributed by atoms with Gasteiger partial charge in [0.15, 0.2) is 0 Å². The highest BCUT2D eigenvalue weighted by Crippen LogP contribution is 2.04. The van der Waals surface area contributed by atoms with Crippen LogP contribution >= 0.6 is 0 Å². The first kappa shape index (κ1) is 11.4. The van der Waals surface area contributed by atoms with Gasteiger partial charge in [-0.1, -0.05) is 18.2 Å². The maximum atomic E-state index is 12.6. The molecule has 0 aliphatic rings. The average molecular weight is 207 g/mol. The molecule has 0 aromatic heterocycles. The molecular formula is C12H14FNO. The minimum Gasteiger partial charge on any atom is -0.342 e. The second kappa shape index (κ2) is 5.29. The Balaban J connectivity index is 2.58. The van der Waals surface area contributed by atoms with Gasteiger partial charge in [-0.2, -0.15) is 0 Å². The molecule has 0 heterocycles. The summed E-state index contributed by atoms with van der Waals surface area (Å²) in [6, 6.07) is 5.95. The predicted molar refractivity (Wildman–Crippen MR) is 57.9 cm³/mol. The Bertz CT molecular complexity index is 345. The number of hydrogen-bond donors (Lipinski definition) is 0. The van der Waals surface area contributed by atoms with Gasteiger partial charge in [0.2, 0.25) is 5.91 Å². The van der Waals surface area contributed by atoms with Crippen molar-refractivity contribution in [2.24, 2.45) is 0 Å². The SMILES string of the molecule is C=CCN(C)C(=O)Cc1ccc(F)cc1. The molecule has 0 radical (unpaired) electrons. The largest absolute Gasteiger partial charge is 0.342 e. The zero-order valence-electron chi connectivity index (χ0n) is 8.74. The van der Waals surface area contributed by atoms with Crippen LogP contribution < -0.4 is 0 Å². The number of rotatable bonds is 4. The highest BCUT2D eigenvalue weighted by molar-refractivity contribution is 5.78. The van der Waals surface area contributed by atoms with Gasteiger partial charge in [-0.15, -0.1) is 6.58 Å². The number of amides is 1. The molecule has 15 heavy (non-hydrogen) atoms. The quantitative estimate of drug-likeness (QED) is 0.692. The van der Waals surface area contributed by atoms with Gasteiger partial charge in [-0.05, 0) is 17.7 Å². The predicted octanol–water partition coefficient (Wildman–Crippen LogP) is 2.01. The second-order valence-electron chi connectivity index (χ2n) is 3.37. The number of benzene rings is 1. The van der Waals surface area contributed by atoms with Gasteiger partial charge >= 0.3 is 0 Å². The first-order chi connectivity index (χ1) is 7.13. The first-order valence-corrected chi connectivity index (χ1v) is 4.73. The summed E-state index contributed by atoms with van der Waals surface area (Å²) in [5, 5.41) is 0. The van der Waals surface area contributed by atoms with Gasteiger partial charge in [0.25, 0.3) is 0 Å². The van der Waals surface area contributed by atoms with E-state index < -0.39 is 0 Å². The van der Waals surface area contributed by atoms with Crippen LogP contribution in [0.1, 0.15) is 5.56 Å². The number of nitrogens with zero attached hydrogens (tertiary/aromatic N) is 1. The molecule has 0 aliphatic heterocycles. The summed E-state index contributed by atoms with van der Waals surface area (Å²) < 4.78 is 12.6. The van der Waals surface area contributed by atoms with Crippen LogP contribution in [-0.2, 0) is 11.2 Å². The van der Waals surface area contributed by atoms with Crippen LogP contribution in [0.25, 0.3) is 0 Å². The molecule has 0 saturated heterocycles. The van der Waals surface area contributed by atoms with Crippen molar-refractivity contribution in [3.63, 3.8) is 0 Å². The van der Waals surface area contributed by atoms with E-state index in [9.17, 15) is 9.18 Å². The van der Waals surface area contributed by atoms with Gasteiger partial charge in [0, 0.05) is 13.6 Å². The monoisotopic (exact) mass is 207 g/mol. The van der Waals surface area contributed by atoms with E-state index in [1.807, 2.05) is 0 Å². The van der Waals surface area contributed by atoms with Crippen LogP contribution in [0.15, 0.2) is 36.9 Å². The van der Waals surface area contributed by atoms with Gasteiger partial charge in [-0.25, -0.2) is 4.39 Å². The Labute approximate surface area is 89.0 Å². The molecule has 80 valence electrons. The molecule has 0 N–H and O–H groups in total. The van der Waals surface area contributed by atoms with Crippen molar-refractivity contribution >= 4 is 5.91 Å². The third-order valence-corrected chi connectivity index (χ3v) is 2.10. The molecule has 0 fully saturated rings. The smallest absolute Gasteiger partial charge is 0.227 e. The molecule has 0 atom stereocenters. The molecule has 1 rings (SSSR count). The fraction of sp³-hybridized carbons (Fsp3) is 0.250. The summed E-state index contributed by atoms with van der Waals surface area (Å²) in [7, 11) is 1.72. The Morgan fingerprint density at radius 3 is 2.60 bits per heavy atom. The number of carbonyl (C=O) groups excluding carboxylic acids is 1. The lowest BCUT2D eigenvalue weighted by atomic mass is 10.1. The highest BCUT2D eigenvalue weighted by Gasteiger charge is 2.07. The maximum Gasteiger partial charge on any atom is 0.227 e. The zero-order chi connectivity index (χ0) is 11.3. The fourth-order valence-corrected chi connectivity index (χ4v) is 1.21. The van der Waals surface area contributed by atoms with Crippen LogP contribution in [0.2, 0.25) is 0 Å². The summed E-state index contributed by atoms with van der Waals surface area (Å²) >= 11 is 0. The maximum absolute atomic E-state index is 12.6. The van der Waals surface area contributed by atoms with E-state index in [-0.39, 0.29) is 11.7 Å². The molecule has 1 amide bonds. The van der Waals surface area contributed by atoms with Gasteiger partial charge in [-0.3, -0.25) is 4.79 Å². The average Bonchev–Trinajstić information content (AvgIpc) is 2.22. The number of halogens is 1. The van der Waals surface area contributed by atoms with Crippen LogP contribution in [0.3, 0.4) is 0 Å².